The number of rotatable bonds is 10. The van der Waals surface area contributed by atoms with Crippen LogP contribution in [0.3, 0.4) is 0 Å². The monoisotopic (exact) mass is 632 g/mol. The Hall–Kier alpha value is -1.88. The first kappa shape index (κ1) is 32.7. The number of benzene rings is 2. The highest BCUT2D eigenvalue weighted by molar-refractivity contribution is 5.22. The predicted octanol–water partition coefficient (Wildman–Crippen LogP) is 1.97. The molecule has 0 unspecified atom stereocenters. The maximum atomic E-state index is 11.0. The van der Waals surface area contributed by atoms with Crippen LogP contribution >= 0.6 is 0 Å². The zero-order valence-corrected chi connectivity index (χ0v) is 28.2. The van der Waals surface area contributed by atoms with Crippen molar-refractivity contribution in [1.82, 2.24) is 19.6 Å². The quantitative estimate of drug-likeness (QED) is 0.391. The van der Waals surface area contributed by atoms with Gasteiger partial charge < -0.3 is 29.0 Å². The first-order valence-corrected chi connectivity index (χ1v) is 18.5. The third-order valence-corrected chi connectivity index (χ3v) is 12.6. The molecule has 252 valence electrons. The summed E-state index contributed by atoms with van der Waals surface area (Å²) >= 11 is 0. The molecule has 2 N–H and O–H groups in total. The number of likely N-dealkylation sites (tertiary alicyclic amines) is 2. The van der Waals surface area contributed by atoms with Crippen molar-refractivity contribution < 1.29 is 19.2 Å². The summed E-state index contributed by atoms with van der Waals surface area (Å²) in [6.45, 7) is 22.3. The molecule has 5 fully saturated rings. The molecule has 0 radical (unpaired) electrons. The SMILES string of the molecule is O[C@H](CN1CC[N+]2(CC1)CC[N+]1(CCN(C[C@H](O)CN3CC[C@H](c4ccccc4)C3)CC1)CC2)CN1CC[C@H](c2ccccc2)C1. The van der Waals surface area contributed by atoms with E-state index in [0.29, 0.717) is 11.8 Å². The van der Waals surface area contributed by atoms with Gasteiger partial charge in [0.05, 0.1) is 38.4 Å². The Labute approximate surface area is 278 Å². The van der Waals surface area contributed by atoms with Crippen LogP contribution < -0.4 is 0 Å². The molecule has 0 saturated carbocycles. The Morgan fingerprint density at radius 1 is 0.478 bits per heavy atom. The molecular formula is C38H60N6O2+2. The van der Waals surface area contributed by atoms with E-state index in [4.69, 9.17) is 0 Å². The fourth-order valence-corrected chi connectivity index (χ4v) is 9.49. The number of piperazine rings is 3. The number of hydrogen-bond acceptors (Lipinski definition) is 6. The molecule has 2 spiro atoms. The summed E-state index contributed by atoms with van der Waals surface area (Å²) in [4.78, 5) is 10.0. The van der Waals surface area contributed by atoms with Gasteiger partial charge in [0.1, 0.15) is 26.2 Å². The van der Waals surface area contributed by atoms with Crippen molar-refractivity contribution >= 4 is 0 Å². The van der Waals surface area contributed by atoms with Gasteiger partial charge in [-0.1, -0.05) is 60.7 Å². The van der Waals surface area contributed by atoms with Crippen LogP contribution in [-0.2, 0) is 0 Å². The van der Waals surface area contributed by atoms with E-state index in [-0.39, 0.29) is 12.2 Å². The molecule has 0 bridgehead atoms. The minimum absolute atomic E-state index is 0.257. The lowest BCUT2D eigenvalue weighted by molar-refractivity contribution is -1.03. The molecule has 2 aromatic rings. The van der Waals surface area contributed by atoms with Crippen molar-refractivity contribution in [2.45, 2.75) is 36.9 Å². The number of quaternary nitrogens is 2. The van der Waals surface area contributed by atoms with E-state index in [1.54, 1.807) is 0 Å². The van der Waals surface area contributed by atoms with Crippen LogP contribution in [0, 0.1) is 0 Å². The topological polar surface area (TPSA) is 53.4 Å². The van der Waals surface area contributed by atoms with Crippen molar-refractivity contribution in [3.8, 4) is 0 Å². The Morgan fingerprint density at radius 3 is 1.20 bits per heavy atom. The Kier molecular flexibility index (Phi) is 10.4. The van der Waals surface area contributed by atoms with E-state index in [9.17, 15) is 10.2 Å². The van der Waals surface area contributed by atoms with E-state index in [1.807, 2.05) is 0 Å². The smallest absolute Gasteiger partial charge is 0.129 e. The van der Waals surface area contributed by atoms with Crippen molar-refractivity contribution in [1.29, 1.82) is 0 Å². The molecule has 5 aliphatic rings. The van der Waals surface area contributed by atoms with E-state index in [0.717, 1.165) is 78.5 Å². The Morgan fingerprint density at radius 2 is 0.826 bits per heavy atom. The third kappa shape index (κ3) is 8.04. The summed E-state index contributed by atoms with van der Waals surface area (Å²) in [6.07, 6.45) is 1.89. The second-order valence-corrected chi connectivity index (χ2v) is 15.7. The second-order valence-electron chi connectivity index (χ2n) is 15.7. The van der Waals surface area contributed by atoms with E-state index in [2.05, 4.69) is 80.3 Å². The highest BCUT2D eigenvalue weighted by Gasteiger charge is 2.45. The van der Waals surface area contributed by atoms with Crippen LogP contribution in [0.1, 0.15) is 35.8 Å². The first-order valence-electron chi connectivity index (χ1n) is 18.5. The second kappa shape index (κ2) is 14.7. The number of β-amino-alcohol motifs (C(OH)–C–C–N with tert-alkyl or cyclic N) is 2. The van der Waals surface area contributed by atoms with E-state index < -0.39 is 0 Å². The van der Waals surface area contributed by atoms with Gasteiger partial charge in [0, 0.05) is 65.4 Å². The molecule has 4 atom stereocenters. The van der Waals surface area contributed by atoms with Gasteiger partial charge in [0.15, 0.2) is 0 Å². The van der Waals surface area contributed by atoms with Gasteiger partial charge in [-0.3, -0.25) is 9.80 Å². The number of nitrogens with zero attached hydrogens (tertiary/aromatic N) is 6. The molecule has 46 heavy (non-hydrogen) atoms. The molecule has 8 heteroatoms. The first-order chi connectivity index (χ1) is 22.4. The Bertz CT molecular complexity index is 1110. The van der Waals surface area contributed by atoms with Crippen molar-refractivity contribution in [2.24, 2.45) is 0 Å². The summed E-state index contributed by atoms with van der Waals surface area (Å²) in [7, 11) is 0. The molecule has 5 saturated heterocycles. The molecule has 7 rings (SSSR count). The highest BCUT2D eigenvalue weighted by Crippen LogP contribution is 2.29. The molecule has 8 nitrogen and oxygen atoms in total. The summed E-state index contributed by atoms with van der Waals surface area (Å²) in [6, 6.07) is 21.8. The summed E-state index contributed by atoms with van der Waals surface area (Å²) in [5.74, 6) is 1.22. The van der Waals surface area contributed by atoms with Crippen LogP contribution in [-0.4, -0.2) is 182 Å². The summed E-state index contributed by atoms with van der Waals surface area (Å²) < 4.78 is 2.58. The van der Waals surface area contributed by atoms with Crippen LogP contribution in [0.25, 0.3) is 0 Å². The fraction of sp³-hybridized carbons (Fsp3) is 0.684. The lowest BCUT2D eigenvalue weighted by atomic mass is 9.99. The maximum absolute atomic E-state index is 11.0. The average Bonchev–Trinajstić information content (AvgIpc) is 3.76. The lowest BCUT2D eigenvalue weighted by Gasteiger charge is -2.54. The van der Waals surface area contributed by atoms with Gasteiger partial charge in [-0.25, -0.2) is 0 Å². The predicted molar refractivity (Wildman–Crippen MR) is 185 cm³/mol. The van der Waals surface area contributed by atoms with Crippen LogP contribution in [0.5, 0.6) is 0 Å². The van der Waals surface area contributed by atoms with Gasteiger partial charge in [0.25, 0.3) is 0 Å². The van der Waals surface area contributed by atoms with E-state index >= 15 is 0 Å². The summed E-state index contributed by atoms with van der Waals surface area (Å²) in [5, 5.41) is 21.9. The van der Waals surface area contributed by atoms with E-state index in [1.165, 1.54) is 85.3 Å². The molecule has 0 aliphatic carbocycles. The highest BCUT2D eigenvalue weighted by atomic mass is 16.3. The molecule has 0 amide bonds. The third-order valence-electron chi connectivity index (χ3n) is 12.6. The molecule has 0 aromatic heterocycles. The largest absolute Gasteiger partial charge is 0.390 e. The normalized spacial score (nSPS) is 29.0. The molecule has 5 heterocycles. The van der Waals surface area contributed by atoms with Crippen molar-refractivity contribution in [2.75, 3.05) is 131 Å². The van der Waals surface area contributed by atoms with Gasteiger partial charge in [-0.05, 0) is 48.9 Å². The van der Waals surface area contributed by atoms with Crippen LogP contribution in [0.2, 0.25) is 0 Å². The van der Waals surface area contributed by atoms with Gasteiger partial charge >= 0.3 is 0 Å². The Balaban J connectivity index is 0.780. The minimum Gasteiger partial charge on any atom is -0.390 e. The van der Waals surface area contributed by atoms with Crippen molar-refractivity contribution in [3.63, 3.8) is 0 Å². The van der Waals surface area contributed by atoms with Gasteiger partial charge in [-0.15, -0.1) is 0 Å². The standard InChI is InChI=1S/C38H60N6O2/c45-37(31-41-13-11-35(27-41)33-7-3-1-4-8-33)29-39-15-19-43(20-16-39)23-25-44(26-24-43)21-17-40(18-22-44)30-38(46)32-42-14-12-36(28-42)34-9-5-2-6-10-34/h1-10,35-38,45-46H,11-32H2/q+2/t35-,36-,37-,38+/m0/s1. The number of aliphatic hydroxyl groups excluding tert-OH is 2. The lowest BCUT2D eigenvalue weighted by Crippen LogP contribution is -2.73. The number of aliphatic hydroxyl groups is 2. The van der Waals surface area contributed by atoms with Crippen LogP contribution in [0.15, 0.2) is 60.7 Å². The molecule has 5 aliphatic heterocycles. The van der Waals surface area contributed by atoms with Crippen molar-refractivity contribution in [3.05, 3.63) is 71.8 Å². The minimum atomic E-state index is -0.257. The molecule has 2 aromatic carbocycles. The number of hydrogen-bond donors (Lipinski definition) is 2. The van der Waals surface area contributed by atoms with Gasteiger partial charge in [-0.2, -0.15) is 0 Å². The van der Waals surface area contributed by atoms with Gasteiger partial charge in [0.2, 0.25) is 0 Å². The average molecular weight is 633 g/mol. The molecular weight excluding hydrogens is 572 g/mol. The zero-order chi connectivity index (χ0) is 31.4. The zero-order valence-electron chi connectivity index (χ0n) is 28.2. The summed E-state index contributed by atoms with van der Waals surface area (Å²) in [5.41, 5.74) is 2.89. The maximum Gasteiger partial charge on any atom is 0.129 e. The fourth-order valence-electron chi connectivity index (χ4n) is 9.49. The van der Waals surface area contributed by atoms with Crippen LogP contribution in [0.4, 0.5) is 0 Å².